The summed E-state index contributed by atoms with van der Waals surface area (Å²) in [5.41, 5.74) is 1.63. The number of para-hydroxylation sites is 1. The predicted octanol–water partition coefficient (Wildman–Crippen LogP) is 2.57. The summed E-state index contributed by atoms with van der Waals surface area (Å²) in [5.74, 6) is 0.894. The third-order valence-corrected chi connectivity index (χ3v) is 4.70. The molecule has 1 amide bonds. The van der Waals surface area contributed by atoms with Crippen LogP contribution in [0.5, 0.6) is 0 Å². The molecule has 6 nitrogen and oxygen atoms in total. The lowest BCUT2D eigenvalue weighted by Gasteiger charge is -2.22. The summed E-state index contributed by atoms with van der Waals surface area (Å²) in [6.45, 7) is 0.313. The van der Waals surface area contributed by atoms with Gasteiger partial charge in [0.15, 0.2) is 0 Å². The van der Waals surface area contributed by atoms with Crippen LogP contribution in [-0.2, 0) is 17.8 Å². The number of hydrogen-bond acceptors (Lipinski definition) is 4. The molecule has 0 saturated heterocycles. The Balaban J connectivity index is 1.43. The van der Waals surface area contributed by atoms with Gasteiger partial charge in [-0.25, -0.2) is 4.98 Å². The fraction of sp³-hybridized carbons (Fsp3) is 0.316. The summed E-state index contributed by atoms with van der Waals surface area (Å²) in [6.07, 6.45) is 6.26. The first kappa shape index (κ1) is 15.6. The van der Waals surface area contributed by atoms with Gasteiger partial charge in [-0.05, 0) is 31.0 Å². The Morgan fingerprint density at radius 2 is 2.20 bits per heavy atom. The van der Waals surface area contributed by atoms with E-state index >= 15 is 0 Å². The second-order valence-corrected chi connectivity index (χ2v) is 6.32. The fourth-order valence-electron chi connectivity index (χ4n) is 3.39. The van der Waals surface area contributed by atoms with Crippen molar-refractivity contribution in [3.8, 4) is 0 Å². The van der Waals surface area contributed by atoms with Crippen molar-refractivity contribution in [1.82, 2.24) is 14.9 Å². The summed E-state index contributed by atoms with van der Waals surface area (Å²) in [6, 6.07) is 9.15. The van der Waals surface area contributed by atoms with E-state index in [-0.39, 0.29) is 23.9 Å². The van der Waals surface area contributed by atoms with Crippen LogP contribution in [0, 0.1) is 0 Å². The Labute approximate surface area is 144 Å². The summed E-state index contributed by atoms with van der Waals surface area (Å²) in [4.78, 5) is 29.0. The highest BCUT2D eigenvalue weighted by atomic mass is 16.3. The molecule has 128 valence electrons. The monoisotopic (exact) mass is 337 g/mol. The molecule has 1 aromatic carbocycles. The zero-order valence-corrected chi connectivity index (χ0v) is 13.8. The molecule has 0 aliphatic heterocycles. The molecule has 1 N–H and O–H groups in total. The number of nitrogens with zero attached hydrogens (tertiary/aromatic N) is 2. The fourth-order valence-corrected chi connectivity index (χ4v) is 3.39. The van der Waals surface area contributed by atoms with Crippen molar-refractivity contribution in [2.45, 2.75) is 38.3 Å². The first-order chi connectivity index (χ1) is 12.2. The van der Waals surface area contributed by atoms with Gasteiger partial charge >= 0.3 is 0 Å². The molecule has 0 fully saturated rings. The summed E-state index contributed by atoms with van der Waals surface area (Å²) >= 11 is 0. The van der Waals surface area contributed by atoms with Crippen molar-refractivity contribution in [2.24, 2.45) is 0 Å². The summed E-state index contributed by atoms with van der Waals surface area (Å²) in [5, 5.41) is 3.62. The largest absolute Gasteiger partial charge is 0.469 e. The van der Waals surface area contributed by atoms with Crippen molar-refractivity contribution < 1.29 is 9.21 Å². The number of furan rings is 1. The first-order valence-corrected chi connectivity index (χ1v) is 8.52. The Hall–Kier alpha value is -2.89. The van der Waals surface area contributed by atoms with Crippen molar-refractivity contribution >= 4 is 16.8 Å². The molecule has 2 aromatic heterocycles. The number of hydrogen-bond donors (Lipinski definition) is 1. The van der Waals surface area contributed by atoms with Crippen LogP contribution >= 0.6 is 0 Å². The van der Waals surface area contributed by atoms with Crippen LogP contribution in [-0.4, -0.2) is 15.5 Å². The number of carbonyl (C=O) groups excluding carboxylic acids is 1. The average molecular weight is 337 g/mol. The Bertz CT molecular complexity index is 973. The van der Waals surface area contributed by atoms with Crippen molar-refractivity contribution in [1.29, 1.82) is 0 Å². The highest BCUT2D eigenvalue weighted by Gasteiger charge is 2.23. The molecular weight excluding hydrogens is 318 g/mol. The summed E-state index contributed by atoms with van der Waals surface area (Å²) < 4.78 is 6.94. The van der Waals surface area contributed by atoms with Gasteiger partial charge in [-0.2, -0.15) is 0 Å². The Morgan fingerprint density at radius 3 is 3.12 bits per heavy atom. The molecule has 2 heterocycles. The van der Waals surface area contributed by atoms with Gasteiger partial charge in [0.25, 0.3) is 5.56 Å². The number of rotatable bonds is 4. The predicted molar refractivity (Wildman–Crippen MR) is 93.1 cm³/mol. The third-order valence-electron chi connectivity index (χ3n) is 4.70. The number of carbonyl (C=O) groups is 1. The van der Waals surface area contributed by atoms with Crippen LogP contribution in [0.15, 0.2) is 52.1 Å². The molecule has 25 heavy (non-hydrogen) atoms. The maximum absolute atomic E-state index is 12.4. The van der Waals surface area contributed by atoms with Gasteiger partial charge in [0.2, 0.25) is 5.91 Å². The third kappa shape index (κ3) is 3.07. The van der Waals surface area contributed by atoms with E-state index in [1.807, 2.05) is 18.2 Å². The number of fused-ring (bicyclic) bond motifs is 2. The minimum atomic E-state index is -0.117. The average Bonchev–Trinajstić information content (AvgIpc) is 3.11. The molecule has 1 aliphatic carbocycles. The number of amides is 1. The smallest absolute Gasteiger partial charge is 0.261 e. The van der Waals surface area contributed by atoms with Gasteiger partial charge in [-0.15, -0.1) is 0 Å². The van der Waals surface area contributed by atoms with Crippen LogP contribution in [0.25, 0.3) is 10.9 Å². The minimum Gasteiger partial charge on any atom is -0.469 e. The van der Waals surface area contributed by atoms with E-state index in [0.717, 1.165) is 30.6 Å². The lowest BCUT2D eigenvalue weighted by atomic mass is 9.93. The molecule has 4 rings (SSSR count). The van der Waals surface area contributed by atoms with Crippen LogP contribution in [0.2, 0.25) is 0 Å². The second-order valence-electron chi connectivity index (χ2n) is 6.32. The zero-order chi connectivity index (χ0) is 17.2. The first-order valence-electron chi connectivity index (χ1n) is 8.52. The highest BCUT2D eigenvalue weighted by molar-refractivity contribution is 5.77. The van der Waals surface area contributed by atoms with E-state index in [9.17, 15) is 9.59 Å². The van der Waals surface area contributed by atoms with Gasteiger partial charge in [0.1, 0.15) is 5.76 Å². The summed E-state index contributed by atoms with van der Waals surface area (Å²) in [7, 11) is 0. The van der Waals surface area contributed by atoms with Crippen molar-refractivity contribution in [3.63, 3.8) is 0 Å². The van der Waals surface area contributed by atoms with Gasteiger partial charge in [0, 0.05) is 24.9 Å². The number of nitrogens with one attached hydrogen (secondary N) is 1. The SMILES string of the molecule is O=C(CCn1cnc2ccccc2c1=O)NC1CCCc2occc21. The molecule has 1 aliphatic rings. The molecule has 3 aromatic rings. The molecule has 0 bridgehead atoms. The lowest BCUT2D eigenvalue weighted by molar-refractivity contribution is -0.122. The van der Waals surface area contributed by atoms with Crippen LogP contribution < -0.4 is 10.9 Å². The van der Waals surface area contributed by atoms with E-state index in [1.54, 1.807) is 18.4 Å². The molecule has 1 unspecified atom stereocenters. The quantitative estimate of drug-likeness (QED) is 0.794. The normalized spacial score (nSPS) is 16.6. The van der Waals surface area contributed by atoms with Crippen molar-refractivity contribution in [2.75, 3.05) is 0 Å². The maximum atomic E-state index is 12.4. The Morgan fingerprint density at radius 1 is 1.32 bits per heavy atom. The standard InChI is InChI=1S/C19H19N3O3/c23-18(21-16-6-3-7-17-13(16)9-11-25-17)8-10-22-12-20-15-5-2-1-4-14(15)19(22)24/h1-2,4-5,9,11-12,16H,3,6-8,10H2,(H,21,23). The highest BCUT2D eigenvalue weighted by Crippen LogP contribution is 2.30. The molecule has 6 heteroatoms. The van der Waals surface area contributed by atoms with E-state index in [1.165, 1.54) is 10.9 Å². The van der Waals surface area contributed by atoms with Gasteiger partial charge in [-0.1, -0.05) is 12.1 Å². The zero-order valence-electron chi connectivity index (χ0n) is 13.8. The molecule has 1 atom stereocenters. The van der Waals surface area contributed by atoms with Gasteiger partial charge < -0.3 is 9.73 Å². The second kappa shape index (κ2) is 6.55. The van der Waals surface area contributed by atoms with E-state index < -0.39 is 0 Å². The number of aryl methyl sites for hydroxylation is 2. The van der Waals surface area contributed by atoms with Crippen LogP contribution in [0.3, 0.4) is 0 Å². The molecule has 0 spiro atoms. The number of aromatic nitrogens is 2. The molecule has 0 saturated carbocycles. The Kier molecular flexibility index (Phi) is 4.09. The maximum Gasteiger partial charge on any atom is 0.261 e. The molecular formula is C19H19N3O3. The van der Waals surface area contributed by atoms with E-state index in [0.29, 0.717) is 17.4 Å². The topological polar surface area (TPSA) is 77.1 Å². The van der Waals surface area contributed by atoms with Gasteiger partial charge in [0.05, 0.1) is 29.5 Å². The van der Waals surface area contributed by atoms with Crippen LogP contribution in [0.1, 0.15) is 36.6 Å². The minimum absolute atomic E-state index is 0.00134. The molecule has 0 radical (unpaired) electrons. The van der Waals surface area contributed by atoms with E-state index in [2.05, 4.69) is 10.3 Å². The number of benzene rings is 1. The van der Waals surface area contributed by atoms with Gasteiger partial charge in [-0.3, -0.25) is 14.2 Å². The lowest BCUT2D eigenvalue weighted by Crippen LogP contribution is -2.32. The van der Waals surface area contributed by atoms with Crippen LogP contribution in [0.4, 0.5) is 0 Å². The van der Waals surface area contributed by atoms with Crippen molar-refractivity contribution in [3.05, 3.63) is 64.6 Å². The van der Waals surface area contributed by atoms with E-state index in [4.69, 9.17) is 4.42 Å².